The Hall–Kier alpha value is -7.14. The van der Waals surface area contributed by atoms with Gasteiger partial charge in [0, 0.05) is 25.2 Å². The Labute approximate surface area is 356 Å². The van der Waals surface area contributed by atoms with Crippen LogP contribution in [-0.4, -0.2) is 63.8 Å². The van der Waals surface area contributed by atoms with Crippen LogP contribution in [0.4, 0.5) is 11.4 Å². The van der Waals surface area contributed by atoms with E-state index in [4.69, 9.17) is 27.8 Å². The van der Waals surface area contributed by atoms with E-state index in [1.807, 2.05) is 60.7 Å². The van der Waals surface area contributed by atoms with Gasteiger partial charge in [0.15, 0.2) is 24.0 Å². The number of phosphoric acid groups is 1. The molecule has 1 fully saturated rings. The van der Waals surface area contributed by atoms with Crippen LogP contribution in [-0.2, 0) is 50.1 Å². The van der Waals surface area contributed by atoms with Crippen molar-refractivity contribution in [3.63, 3.8) is 0 Å². The van der Waals surface area contributed by atoms with Gasteiger partial charge < -0.3 is 29.4 Å². The summed E-state index contributed by atoms with van der Waals surface area (Å²) < 4.78 is 49.8. The molecule has 1 saturated carbocycles. The standard InChI is InChI=1S/C43H43N8O10P/c1-44-42(53)33-24-51(38(46-41(52)30-18-19-30)23-35(33)45-34-17-11-16-32(39(34)57-4)40-47-49-50(2)48-40)27-58-43(54)31-20-21-36(37(22-31)56-3)61-62(55,59-25-28-12-7-5-8-13-28)60-26-29-14-9-6-10-15-29/h5-17,20-24,30,45H,18-19,25-27H2,1-4H3,(H,44,53)/b46-38+. The number of rotatable bonds is 18. The van der Waals surface area contributed by atoms with Crippen molar-refractivity contribution < 1.29 is 46.7 Å². The van der Waals surface area contributed by atoms with Crippen molar-refractivity contribution in [1.29, 1.82) is 0 Å². The van der Waals surface area contributed by atoms with Crippen LogP contribution in [0, 0.1) is 5.92 Å². The summed E-state index contributed by atoms with van der Waals surface area (Å²) in [6.07, 6.45) is 2.83. The number of phosphoric ester groups is 1. The maximum atomic E-state index is 14.1. The SMILES string of the molecule is CNC(=O)c1cn(COC(=O)c2ccc(OP(=O)(OCc3ccccc3)OCc3ccccc3)c(OC)c2)/c(=N/C(=O)C2CC2)cc1Nc1cccc(-c2nnn(C)n2)c1OC. The van der Waals surface area contributed by atoms with E-state index < -0.39 is 26.4 Å². The van der Waals surface area contributed by atoms with E-state index in [2.05, 4.69) is 31.0 Å². The molecule has 0 radical (unpaired) electrons. The Morgan fingerprint density at radius 2 is 1.53 bits per heavy atom. The molecule has 2 N–H and O–H groups in total. The lowest BCUT2D eigenvalue weighted by Gasteiger charge is -2.20. The molecule has 19 heteroatoms. The average Bonchev–Trinajstić information content (AvgIpc) is 4.07. The molecule has 2 amide bonds. The number of aryl methyl sites for hydroxylation is 1. The molecule has 0 atom stereocenters. The number of pyridine rings is 1. The lowest BCUT2D eigenvalue weighted by atomic mass is 10.1. The molecule has 18 nitrogen and oxygen atoms in total. The number of tetrazole rings is 1. The van der Waals surface area contributed by atoms with E-state index in [0.29, 0.717) is 35.7 Å². The van der Waals surface area contributed by atoms with Gasteiger partial charge in [-0.05, 0) is 59.5 Å². The highest BCUT2D eigenvalue weighted by molar-refractivity contribution is 7.48. The Bertz CT molecular complexity index is 2640. The molecule has 4 aromatic carbocycles. The molecule has 320 valence electrons. The molecule has 0 aliphatic heterocycles. The van der Waals surface area contributed by atoms with Crippen molar-refractivity contribution in [2.75, 3.05) is 26.6 Å². The summed E-state index contributed by atoms with van der Waals surface area (Å²) in [5.74, 6) is -1.16. The molecule has 0 unspecified atom stereocenters. The van der Waals surface area contributed by atoms with Crippen LogP contribution < -0.4 is 30.1 Å². The maximum Gasteiger partial charge on any atom is 0.530 e. The lowest BCUT2D eigenvalue weighted by Crippen LogP contribution is -2.29. The van der Waals surface area contributed by atoms with Gasteiger partial charge in [0.1, 0.15) is 5.49 Å². The Morgan fingerprint density at radius 3 is 2.13 bits per heavy atom. The van der Waals surface area contributed by atoms with E-state index in [1.54, 1.807) is 25.2 Å². The zero-order valence-corrected chi connectivity index (χ0v) is 35.1. The number of aromatic nitrogens is 5. The van der Waals surface area contributed by atoms with Gasteiger partial charge in [-0.1, -0.05) is 66.7 Å². The topological polar surface area (TPSA) is 209 Å². The molecule has 62 heavy (non-hydrogen) atoms. The first-order valence-electron chi connectivity index (χ1n) is 19.3. The molecular weight excluding hydrogens is 819 g/mol. The van der Waals surface area contributed by atoms with Gasteiger partial charge in [0.25, 0.3) is 11.8 Å². The van der Waals surface area contributed by atoms with Gasteiger partial charge in [0.05, 0.1) is 62.5 Å². The number of esters is 1. The van der Waals surface area contributed by atoms with Gasteiger partial charge >= 0.3 is 13.8 Å². The summed E-state index contributed by atoms with van der Waals surface area (Å²) in [6, 6.07) is 29.1. The maximum absolute atomic E-state index is 14.1. The number of amides is 2. The summed E-state index contributed by atoms with van der Waals surface area (Å²) in [4.78, 5) is 45.7. The number of ether oxygens (including phenoxy) is 3. The third kappa shape index (κ3) is 10.6. The Kier molecular flexibility index (Phi) is 13.5. The normalized spacial score (nSPS) is 12.7. The van der Waals surface area contributed by atoms with Crippen molar-refractivity contribution in [2.24, 2.45) is 18.0 Å². The van der Waals surface area contributed by atoms with E-state index in [9.17, 15) is 18.9 Å². The first kappa shape index (κ1) is 43.0. The van der Waals surface area contributed by atoms with Crippen LogP contribution in [0.25, 0.3) is 11.4 Å². The van der Waals surface area contributed by atoms with E-state index >= 15 is 0 Å². The number of nitrogens with zero attached hydrogens (tertiary/aromatic N) is 6. The fourth-order valence-corrected chi connectivity index (χ4v) is 7.24. The zero-order valence-electron chi connectivity index (χ0n) is 34.2. The summed E-state index contributed by atoms with van der Waals surface area (Å²) in [5, 5.41) is 18.2. The van der Waals surface area contributed by atoms with Crippen molar-refractivity contribution in [3.8, 4) is 28.6 Å². The number of hydrogen-bond acceptors (Lipinski definition) is 14. The first-order chi connectivity index (χ1) is 30.1. The molecule has 2 aromatic heterocycles. The Morgan fingerprint density at radius 1 is 0.839 bits per heavy atom. The second kappa shape index (κ2) is 19.5. The number of hydrogen-bond donors (Lipinski definition) is 2. The minimum absolute atomic E-state index is 0.0176. The third-order valence-electron chi connectivity index (χ3n) is 9.41. The van der Waals surface area contributed by atoms with Crippen molar-refractivity contribution in [2.45, 2.75) is 32.8 Å². The van der Waals surface area contributed by atoms with Crippen LogP contribution in [0.5, 0.6) is 17.2 Å². The zero-order chi connectivity index (χ0) is 43.6. The number of anilines is 2. The number of benzene rings is 4. The summed E-state index contributed by atoms with van der Waals surface area (Å²) >= 11 is 0. The van der Waals surface area contributed by atoms with Crippen LogP contribution >= 0.6 is 7.82 Å². The van der Waals surface area contributed by atoms with Gasteiger partial charge in [-0.25, -0.2) is 9.36 Å². The van der Waals surface area contributed by atoms with E-state index in [0.717, 1.165) is 11.1 Å². The third-order valence-corrected chi connectivity index (χ3v) is 10.7. The lowest BCUT2D eigenvalue weighted by molar-refractivity contribution is -0.119. The predicted octanol–water partition coefficient (Wildman–Crippen LogP) is 6.37. The summed E-state index contributed by atoms with van der Waals surface area (Å²) in [5.41, 5.74) is 3.03. The molecule has 2 heterocycles. The number of para-hydroxylation sites is 1. The second-order valence-electron chi connectivity index (χ2n) is 13.8. The molecule has 1 aliphatic rings. The molecule has 7 rings (SSSR count). The average molecular weight is 863 g/mol. The highest BCUT2D eigenvalue weighted by atomic mass is 31.2. The number of nitrogens with one attached hydrogen (secondary N) is 2. The van der Waals surface area contributed by atoms with Gasteiger partial charge in [-0.15, -0.1) is 10.2 Å². The quantitative estimate of drug-likeness (QED) is 0.0711. The monoisotopic (exact) mass is 862 g/mol. The summed E-state index contributed by atoms with van der Waals surface area (Å²) in [6.45, 7) is -0.591. The Balaban J connectivity index is 1.14. The van der Waals surface area contributed by atoms with E-state index in [-0.39, 0.29) is 58.8 Å². The van der Waals surface area contributed by atoms with Crippen molar-refractivity contribution in [1.82, 2.24) is 30.1 Å². The van der Waals surface area contributed by atoms with Crippen LogP contribution in [0.1, 0.15) is 44.7 Å². The molecular formula is C43H43N8O10P. The van der Waals surface area contributed by atoms with Crippen molar-refractivity contribution >= 4 is 37.0 Å². The van der Waals surface area contributed by atoms with E-state index in [1.165, 1.54) is 61.1 Å². The van der Waals surface area contributed by atoms with Crippen LogP contribution in [0.15, 0.2) is 114 Å². The number of carbonyl (C=O) groups is 3. The highest BCUT2D eigenvalue weighted by Gasteiger charge is 2.32. The minimum Gasteiger partial charge on any atom is -0.494 e. The number of carbonyl (C=O) groups excluding carboxylic acids is 3. The van der Waals surface area contributed by atoms with Gasteiger partial charge in [-0.3, -0.25) is 23.2 Å². The fourth-order valence-electron chi connectivity index (χ4n) is 6.05. The van der Waals surface area contributed by atoms with Gasteiger partial charge in [-0.2, -0.15) is 9.79 Å². The summed E-state index contributed by atoms with van der Waals surface area (Å²) in [7, 11) is 1.67. The molecule has 0 saturated heterocycles. The van der Waals surface area contributed by atoms with Crippen LogP contribution in [0.3, 0.4) is 0 Å². The minimum atomic E-state index is -4.28. The molecule has 1 aliphatic carbocycles. The van der Waals surface area contributed by atoms with Crippen molar-refractivity contribution in [3.05, 3.63) is 137 Å². The highest BCUT2D eigenvalue weighted by Crippen LogP contribution is 2.53. The second-order valence-corrected chi connectivity index (χ2v) is 15.4. The molecule has 6 aromatic rings. The van der Waals surface area contributed by atoms with Gasteiger partial charge in [0.2, 0.25) is 5.82 Å². The largest absolute Gasteiger partial charge is 0.530 e. The number of methoxy groups -OCH3 is 2. The molecule has 0 spiro atoms. The smallest absolute Gasteiger partial charge is 0.494 e. The fraction of sp³-hybridized carbons (Fsp3) is 0.233. The predicted molar refractivity (Wildman–Crippen MR) is 224 cm³/mol. The first-order valence-corrected chi connectivity index (χ1v) is 20.8. The van der Waals surface area contributed by atoms with Crippen LogP contribution in [0.2, 0.25) is 0 Å². The molecule has 0 bridgehead atoms.